The molecule has 0 radical (unpaired) electrons. The van der Waals surface area contributed by atoms with E-state index in [1.54, 1.807) is 18.5 Å². The summed E-state index contributed by atoms with van der Waals surface area (Å²) in [4.78, 5) is 25.6. The lowest BCUT2D eigenvalue weighted by molar-refractivity contribution is -0.125. The van der Waals surface area contributed by atoms with E-state index in [9.17, 15) is 14.7 Å². The summed E-state index contributed by atoms with van der Waals surface area (Å²) in [7, 11) is 1.60. The Labute approximate surface area is 178 Å². The molecule has 2 aliphatic carbocycles. The number of benzene rings is 1. The van der Waals surface area contributed by atoms with Gasteiger partial charge in [-0.15, -0.1) is 5.10 Å². The molecule has 3 aromatic rings. The van der Waals surface area contributed by atoms with Crippen LogP contribution >= 0.6 is 0 Å². The molecule has 1 amide bonds. The van der Waals surface area contributed by atoms with E-state index in [1.165, 1.54) is 4.68 Å². The molecule has 2 heterocycles. The largest absolute Gasteiger partial charge is 0.497 e. The molecule has 2 aromatic heterocycles. The van der Waals surface area contributed by atoms with Crippen molar-refractivity contribution in [2.45, 2.75) is 56.7 Å². The van der Waals surface area contributed by atoms with Crippen molar-refractivity contribution in [1.29, 1.82) is 0 Å². The normalized spacial score (nSPS) is 22.9. The molecular weight excluding hydrogens is 398 g/mol. The monoisotopic (exact) mass is 423 g/mol. The standard InChI is InChI=1S/C22H25N5O4/c1-22(30)10-15(11-22)23-19(28)12-26-21(29)18-9-17(13-3-4-13)24-27(18)20(25-26)14-5-7-16(31-2)8-6-14/h5-9,13,15,30H,3-4,10-12H2,1-2H3,(H,23,28)/t15-,22+. The lowest BCUT2D eigenvalue weighted by Gasteiger charge is -2.41. The fourth-order valence-electron chi connectivity index (χ4n) is 4.17. The Morgan fingerprint density at radius 1 is 1.26 bits per heavy atom. The van der Waals surface area contributed by atoms with Crippen molar-refractivity contribution in [3.63, 3.8) is 0 Å². The molecule has 162 valence electrons. The van der Waals surface area contributed by atoms with E-state index in [4.69, 9.17) is 4.74 Å². The average Bonchev–Trinajstić information content (AvgIpc) is 3.47. The van der Waals surface area contributed by atoms with Crippen LogP contribution < -0.4 is 15.6 Å². The van der Waals surface area contributed by atoms with Gasteiger partial charge in [-0.05, 0) is 62.9 Å². The van der Waals surface area contributed by atoms with Crippen LogP contribution in [0.15, 0.2) is 35.1 Å². The maximum Gasteiger partial charge on any atom is 0.293 e. The number of aliphatic hydroxyl groups is 1. The molecule has 0 aliphatic heterocycles. The van der Waals surface area contributed by atoms with Crippen LogP contribution in [0, 0.1) is 0 Å². The number of carbonyl (C=O) groups excluding carboxylic acids is 1. The minimum absolute atomic E-state index is 0.0839. The lowest BCUT2D eigenvalue weighted by atomic mass is 9.77. The number of hydrogen-bond acceptors (Lipinski definition) is 6. The van der Waals surface area contributed by atoms with Gasteiger partial charge in [0.2, 0.25) is 5.91 Å². The first kappa shape index (κ1) is 19.7. The Hall–Kier alpha value is -3.20. The molecule has 9 nitrogen and oxygen atoms in total. The second-order valence-corrected chi connectivity index (χ2v) is 8.83. The summed E-state index contributed by atoms with van der Waals surface area (Å²) in [5, 5.41) is 21.9. The number of rotatable bonds is 6. The molecule has 2 N–H and O–H groups in total. The van der Waals surface area contributed by atoms with Gasteiger partial charge in [0.05, 0.1) is 18.4 Å². The van der Waals surface area contributed by atoms with E-state index >= 15 is 0 Å². The zero-order chi connectivity index (χ0) is 21.8. The van der Waals surface area contributed by atoms with Gasteiger partial charge >= 0.3 is 0 Å². The van der Waals surface area contributed by atoms with Crippen molar-refractivity contribution < 1.29 is 14.6 Å². The van der Waals surface area contributed by atoms with Crippen LogP contribution in [0.3, 0.4) is 0 Å². The predicted octanol–water partition coefficient (Wildman–Crippen LogP) is 1.47. The summed E-state index contributed by atoms with van der Waals surface area (Å²) in [6.45, 7) is 1.55. The van der Waals surface area contributed by atoms with Crippen LogP contribution in [-0.4, -0.2) is 49.2 Å². The highest BCUT2D eigenvalue weighted by atomic mass is 16.5. The first-order valence-electron chi connectivity index (χ1n) is 10.5. The van der Waals surface area contributed by atoms with E-state index in [2.05, 4.69) is 15.5 Å². The highest BCUT2D eigenvalue weighted by Crippen LogP contribution is 2.39. The minimum Gasteiger partial charge on any atom is -0.497 e. The fourth-order valence-corrected chi connectivity index (χ4v) is 4.17. The quantitative estimate of drug-likeness (QED) is 0.621. The number of ether oxygens (including phenoxy) is 1. The summed E-state index contributed by atoms with van der Waals surface area (Å²) in [5.41, 5.74) is 0.965. The van der Waals surface area contributed by atoms with E-state index in [0.717, 1.165) is 24.1 Å². The molecule has 2 aliphatic rings. The molecule has 9 heteroatoms. The molecule has 0 spiro atoms. The second kappa shape index (κ2) is 7.19. The van der Waals surface area contributed by atoms with Crippen LogP contribution in [0.2, 0.25) is 0 Å². The van der Waals surface area contributed by atoms with Gasteiger partial charge in [0.15, 0.2) is 5.82 Å². The second-order valence-electron chi connectivity index (χ2n) is 8.83. The van der Waals surface area contributed by atoms with Crippen LogP contribution in [0.4, 0.5) is 0 Å². The van der Waals surface area contributed by atoms with Gasteiger partial charge in [0.25, 0.3) is 5.56 Å². The lowest BCUT2D eigenvalue weighted by Crippen LogP contribution is -2.54. The Bertz CT molecular complexity index is 1200. The number of carbonyl (C=O) groups is 1. The first-order chi connectivity index (χ1) is 14.8. The highest BCUT2D eigenvalue weighted by molar-refractivity contribution is 5.76. The van der Waals surface area contributed by atoms with E-state index in [1.807, 2.05) is 30.3 Å². The van der Waals surface area contributed by atoms with E-state index < -0.39 is 5.60 Å². The smallest absolute Gasteiger partial charge is 0.293 e. The number of aromatic nitrogens is 4. The number of amides is 1. The van der Waals surface area contributed by atoms with Crippen molar-refractivity contribution >= 4 is 11.4 Å². The molecule has 31 heavy (non-hydrogen) atoms. The molecule has 0 bridgehead atoms. The third-order valence-corrected chi connectivity index (χ3v) is 5.97. The van der Waals surface area contributed by atoms with Gasteiger partial charge in [-0.1, -0.05) is 0 Å². The summed E-state index contributed by atoms with van der Waals surface area (Å²) in [5.74, 6) is 1.28. The van der Waals surface area contributed by atoms with Crippen LogP contribution in [0.1, 0.15) is 44.2 Å². The molecule has 2 saturated carbocycles. The Morgan fingerprint density at radius 3 is 2.58 bits per heavy atom. The number of methoxy groups -OCH3 is 1. The molecule has 0 unspecified atom stereocenters. The highest BCUT2D eigenvalue weighted by Gasteiger charge is 2.39. The topological polar surface area (TPSA) is 111 Å². The summed E-state index contributed by atoms with van der Waals surface area (Å²) in [6.07, 6.45) is 3.14. The van der Waals surface area contributed by atoms with Crippen molar-refractivity contribution in [2.75, 3.05) is 7.11 Å². The van der Waals surface area contributed by atoms with Gasteiger partial charge in [0.1, 0.15) is 17.8 Å². The number of hydrogen-bond donors (Lipinski definition) is 2. The van der Waals surface area contributed by atoms with Crippen molar-refractivity contribution in [1.82, 2.24) is 24.7 Å². The Balaban J connectivity index is 1.51. The summed E-state index contributed by atoms with van der Waals surface area (Å²) in [6, 6.07) is 9.07. The number of nitrogens with zero attached hydrogens (tertiary/aromatic N) is 4. The summed E-state index contributed by atoms with van der Waals surface area (Å²) < 4.78 is 8.00. The number of nitrogens with one attached hydrogen (secondary N) is 1. The van der Waals surface area contributed by atoms with Crippen molar-refractivity contribution in [3.8, 4) is 17.1 Å². The van der Waals surface area contributed by atoms with Gasteiger partial charge in [-0.3, -0.25) is 9.59 Å². The van der Waals surface area contributed by atoms with Gasteiger partial charge < -0.3 is 15.2 Å². The van der Waals surface area contributed by atoms with Crippen LogP contribution in [0.5, 0.6) is 5.75 Å². The van der Waals surface area contributed by atoms with E-state index in [-0.39, 0.29) is 24.1 Å². The molecule has 2 fully saturated rings. The molecule has 1 aromatic carbocycles. The third-order valence-electron chi connectivity index (χ3n) is 5.97. The zero-order valence-corrected chi connectivity index (χ0v) is 17.5. The maximum atomic E-state index is 13.1. The maximum absolute atomic E-state index is 13.1. The zero-order valence-electron chi connectivity index (χ0n) is 17.5. The predicted molar refractivity (Wildman–Crippen MR) is 113 cm³/mol. The van der Waals surface area contributed by atoms with Crippen molar-refractivity contribution in [3.05, 3.63) is 46.4 Å². The Morgan fingerprint density at radius 2 is 1.97 bits per heavy atom. The first-order valence-corrected chi connectivity index (χ1v) is 10.5. The average molecular weight is 423 g/mol. The third kappa shape index (κ3) is 3.81. The Kier molecular flexibility index (Phi) is 4.58. The molecule has 0 saturated heterocycles. The number of fused-ring (bicyclic) bond motifs is 1. The van der Waals surface area contributed by atoms with Crippen molar-refractivity contribution in [2.24, 2.45) is 0 Å². The summed E-state index contributed by atoms with van der Waals surface area (Å²) >= 11 is 0. The van der Waals surface area contributed by atoms with Gasteiger partial charge in [-0.2, -0.15) is 5.10 Å². The van der Waals surface area contributed by atoms with Gasteiger partial charge in [0, 0.05) is 17.5 Å². The molecular formula is C22H25N5O4. The fraction of sp³-hybridized carbons (Fsp3) is 0.455. The SMILES string of the molecule is COc1ccc(-c2nn(CC(=O)N[C@H]3C[C@@](C)(O)C3)c(=O)c3cc(C4CC4)nn23)cc1. The minimum atomic E-state index is -0.732. The van der Waals surface area contributed by atoms with Crippen LogP contribution in [-0.2, 0) is 11.3 Å². The van der Waals surface area contributed by atoms with E-state index in [0.29, 0.717) is 35.9 Å². The molecule has 0 atom stereocenters. The molecule has 5 rings (SSSR count). The van der Waals surface area contributed by atoms with Gasteiger partial charge in [-0.25, -0.2) is 9.20 Å². The van der Waals surface area contributed by atoms with Crippen LogP contribution in [0.25, 0.3) is 16.9 Å².